The zero-order chi connectivity index (χ0) is 24.3. The molecular formula is C25H38N4O4S. The molecule has 1 N–H and O–H groups in total. The van der Waals surface area contributed by atoms with Crippen LogP contribution in [0.25, 0.3) is 0 Å². The minimum atomic E-state index is -0.549. The molecular weight excluding hydrogens is 452 g/mol. The fourth-order valence-electron chi connectivity index (χ4n) is 5.15. The maximum absolute atomic E-state index is 13.6. The van der Waals surface area contributed by atoms with Crippen molar-refractivity contribution in [1.29, 1.82) is 0 Å². The van der Waals surface area contributed by atoms with Crippen molar-refractivity contribution in [3.8, 4) is 0 Å². The molecule has 3 amide bonds. The van der Waals surface area contributed by atoms with Crippen molar-refractivity contribution in [2.24, 2.45) is 5.41 Å². The van der Waals surface area contributed by atoms with Crippen molar-refractivity contribution >= 4 is 29.1 Å². The summed E-state index contributed by atoms with van der Waals surface area (Å²) in [5.74, 6) is -0.0487. The third-order valence-corrected chi connectivity index (χ3v) is 7.71. The second-order valence-electron chi connectivity index (χ2n) is 10.8. The van der Waals surface area contributed by atoms with E-state index >= 15 is 0 Å². The van der Waals surface area contributed by atoms with Crippen LogP contribution in [0.4, 0.5) is 0 Å². The second kappa shape index (κ2) is 10.7. The van der Waals surface area contributed by atoms with E-state index < -0.39 is 6.04 Å². The molecule has 188 valence electrons. The van der Waals surface area contributed by atoms with E-state index in [1.165, 1.54) is 11.3 Å². The summed E-state index contributed by atoms with van der Waals surface area (Å²) in [6, 6.07) is 2.92. The summed E-state index contributed by atoms with van der Waals surface area (Å²) in [6.45, 7) is 10.6. The Morgan fingerprint density at radius 2 is 2.00 bits per heavy atom. The molecule has 3 aliphatic rings. The molecule has 0 aliphatic carbocycles. The molecule has 0 radical (unpaired) electrons. The summed E-state index contributed by atoms with van der Waals surface area (Å²) >= 11 is 1.39. The lowest BCUT2D eigenvalue weighted by Gasteiger charge is -2.33. The summed E-state index contributed by atoms with van der Waals surface area (Å²) in [6.07, 6.45) is 2.86. The van der Waals surface area contributed by atoms with Crippen LogP contribution in [-0.4, -0.2) is 96.5 Å². The normalized spacial score (nSPS) is 25.6. The molecule has 4 heterocycles. The highest BCUT2D eigenvalue weighted by Crippen LogP contribution is 2.30. The quantitative estimate of drug-likeness (QED) is 0.661. The number of nitrogens with one attached hydrogen (secondary N) is 1. The summed E-state index contributed by atoms with van der Waals surface area (Å²) in [7, 11) is 0. The Morgan fingerprint density at radius 1 is 1.24 bits per heavy atom. The molecule has 0 saturated carbocycles. The van der Waals surface area contributed by atoms with Crippen LogP contribution in [0.1, 0.15) is 56.1 Å². The van der Waals surface area contributed by atoms with E-state index in [0.717, 1.165) is 32.5 Å². The van der Waals surface area contributed by atoms with Crippen molar-refractivity contribution < 1.29 is 19.1 Å². The van der Waals surface area contributed by atoms with Gasteiger partial charge >= 0.3 is 0 Å². The molecule has 9 heteroatoms. The van der Waals surface area contributed by atoms with Crippen LogP contribution in [0.5, 0.6) is 0 Å². The monoisotopic (exact) mass is 490 g/mol. The van der Waals surface area contributed by atoms with Gasteiger partial charge in [-0.1, -0.05) is 26.8 Å². The predicted octanol–water partition coefficient (Wildman–Crippen LogP) is 2.21. The molecule has 8 nitrogen and oxygen atoms in total. The van der Waals surface area contributed by atoms with Crippen LogP contribution in [-0.2, 0) is 14.3 Å². The third-order valence-electron chi connectivity index (χ3n) is 6.85. The number of rotatable bonds is 6. The highest BCUT2D eigenvalue weighted by molar-refractivity contribution is 7.12. The van der Waals surface area contributed by atoms with E-state index in [0.29, 0.717) is 43.9 Å². The molecule has 1 aromatic rings. The largest absolute Gasteiger partial charge is 0.376 e. The lowest BCUT2D eigenvalue weighted by atomic mass is 9.91. The van der Waals surface area contributed by atoms with Gasteiger partial charge in [0, 0.05) is 52.3 Å². The van der Waals surface area contributed by atoms with Gasteiger partial charge < -0.3 is 24.8 Å². The molecule has 3 fully saturated rings. The summed E-state index contributed by atoms with van der Waals surface area (Å²) in [5, 5.41) is 5.16. The molecule has 3 aliphatic heterocycles. The van der Waals surface area contributed by atoms with Crippen LogP contribution < -0.4 is 5.32 Å². The van der Waals surface area contributed by atoms with Crippen LogP contribution >= 0.6 is 11.3 Å². The Bertz CT molecular complexity index is 857. The van der Waals surface area contributed by atoms with E-state index in [4.69, 9.17) is 4.74 Å². The maximum atomic E-state index is 13.6. The molecule has 0 aromatic carbocycles. The first kappa shape index (κ1) is 25.1. The Kier molecular flexibility index (Phi) is 7.94. The number of amides is 3. The van der Waals surface area contributed by atoms with Gasteiger partial charge in [-0.3, -0.25) is 14.4 Å². The van der Waals surface area contributed by atoms with Gasteiger partial charge in [0.05, 0.1) is 17.0 Å². The smallest absolute Gasteiger partial charge is 0.264 e. The Hall–Kier alpha value is -1.97. The van der Waals surface area contributed by atoms with E-state index in [2.05, 4.69) is 26.1 Å². The highest BCUT2D eigenvalue weighted by Gasteiger charge is 2.45. The average Bonchev–Trinajstić information content (AvgIpc) is 3.57. The van der Waals surface area contributed by atoms with Crippen molar-refractivity contribution in [2.75, 3.05) is 45.9 Å². The fraction of sp³-hybridized carbons (Fsp3) is 0.720. The SMILES string of the molecule is CC(C)(C)CC(=O)N(CC1CCCO1)C1CC(C(=O)N2CCNCC2)N(C(=O)c2cccs2)C1. The number of likely N-dealkylation sites (tertiary alicyclic amines) is 1. The third kappa shape index (κ3) is 5.98. The first-order chi connectivity index (χ1) is 16.2. The lowest BCUT2D eigenvalue weighted by molar-refractivity contribution is -0.138. The number of nitrogens with zero attached hydrogens (tertiary/aromatic N) is 3. The Morgan fingerprint density at radius 3 is 2.62 bits per heavy atom. The van der Waals surface area contributed by atoms with Crippen molar-refractivity contribution in [2.45, 2.75) is 64.6 Å². The number of ether oxygens (including phenoxy) is 1. The zero-order valence-corrected chi connectivity index (χ0v) is 21.4. The topological polar surface area (TPSA) is 82.2 Å². The lowest BCUT2D eigenvalue weighted by Crippen LogP contribution is -2.53. The minimum absolute atomic E-state index is 0.00533. The number of hydrogen-bond acceptors (Lipinski definition) is 6. The van der Waals surface area contributed by atoms with Crippen molar-refractivity contribution in [3.63, 3.8) is 0 Å². The number of carbonyl (C=O) groups excluding carboxylic acids is 3. The molecule has 1 aromatic heterocycles. The van der Waals surface area contributed by atoms with Gasteiger partial charge in [-0.15, -0.1) is 11.3 Å². The van der Waals surface area contributed by atoms with E-state index in [1.807, 2.05) is 27.3 Å². The van der Waals surface area contributed by atoms with E-state index in [-0.39, 0.29) is 35.3 Å². The predicted molar refractivity (Wildman–Crippen MR) is 132 cm³/mol. The number of carbonyl (C=O) groups is 3. The van der Waals surface area contributed by atoms with Crippen molar-refractivity contribution in [1.82, 2.24) is 20.0 Å². The molecule has 3 unspecified atom stereocenters. The van der Waals surface area contributed by atoms with Gasteiger partial charge in [-0.25, -0.2) is 0 Å². The van der Waals surface area contributed by atoms with Crippen LogP contribution in [0.3, 0.4) is 0 Å². The summed E-state index contributed by atoms with van der Waals surface area (Å²) in [4.78, 5) is 46.6. The maximum Gasteiger partial charge on any atom is 0.264 e. The van der Waals surface area contributed by atoms with Crippen LogP contribution in [0.15, 0.2) is 17.5 Å². The molecule has 3 saturated heterocycles. The first-order valence-electron chi connectivity index (χ1n) is 12.5. The molecule has 3 atom stereocenters. The van der Waals surface area contributed by atoms with Gasteiger partial charge in [0.2, 0.25) is 11.8 Å². The number of piperazine rings is 1. The average molecular weight is 491 g/mol. The van der Waals surface area contributed by atoms with E-state index in [1.54, 1.807) is 4.90 Å². The van der Waals surface area contributed by atoms with Crippen LogP contribution in [0.2, 0.25) is 0 Å². The van der Waals surface area contributed by atoms with Crippen molar-refractivity contribution in [3.05, 3.63) is 22.4 Å². The standard InChI is InChI=1S/C25H38N4O4S/c1-25(2,3)15-22(30)28(17-19-6-4-12-33-19)18-14-20(23(31)27-10-8-26-9-11-27)29(16-18)24(32)21-7-5-13-34-21/h5,7,13,18-20,26H,4,6,8-12,14-17H2,1-3H3. The fourth-order valence-corrected chi connectivity index (χ4v) is 5.83. The molecule has 4 rings (SSSR count). The van der Waals surface area contributed by atoms with Gasteiger partial charge in [0.25, 0.3) is 5.91 Å². The van der Waals surface area contributed by atoms with Gasteiger partial charge in [0.15, 0.2) is 0 Å². The Balaban J connectivity index is 1.58. The zero-order valence-electron chi connectivity index (χ0n) is 20.6. The van der Waals surface area contributed by atoms with Gasteiger partial charge in [0.1, 0.15) is 6.04 Å². The van der Waals surface area contributed by atoms with E-state index in [9.17, 15) is 14.4 Å². The molecule has 0 spiro atoms. The van der Waals surface area contributed by atoms with Gasteiger partial charge in [-0.05, 0) is 36.1 Å². The summed E-state index contributed by atoms with van der Waals surface area (Å²) < 4.78 is 5.87. The summed E-state index contributed by atoms with van der Waals surface area (Å²) in [5.41, 5.74) is -0.146. The number of hydrogen-bond donors (Lipinski definition) is 1. The number of thiophene rings is 1. The Labute approximate surface area is 206 Å². The van der Waals surface area contributed by atoms with Gasteiger partial charge in [-0.2, -0.15) is 0 Å². The second-order valence-corrected chi connectivity index (χ2v) is 11.8. The first-order valence-corrected chi connectivity index (χ1v) is 13.4. The van der Waals surface area contributed by atoms with Crippen LogP contribution in [0, 0.1) is 5.41 Å². The molecule has 34 heavy (non-hydrogen) atoms. The highest BCUT2D eigenvalue weighted by atomic mass is 32.1. The molecule has 0 bridgehead atoms. The minimum Gasteiger partial charge on any atom is -0.376 e.